The molecule has 200 valence electrons. The summed E-state index contributed by atoms with van der Waals surface area (Å²) < 4.78 is 47.3. The second-order valence-corrected chi connectivity index (χ2v) is 9.66. The minimum Gasteiger partial charge on any atom is -0.435 e. The summed E-state index contributed by atoms with van der Waals surface area (Å²) >= 11 is 0. The summed E-state index contributed by atoms with van der Waals surface area (Å²) in [6.07, 6.45) is 1.31. The van der Waals surface area contributed by atoms with Crippen LogP contribution in [0.4, 0.5) is 8.78 Å². The summed E-state index contributed by atoms with van der Waals surface area (Å²) in [5.41, 5.74) is 2.18. The third kappa shape index (κ3) is 7.35. The Morgan fingerprint density at radius 3 is 2.65 bits per heavy atom. The molecule has 7 nitrogen and oxygen atoms in total. The van der Waals surface area contributed by atoms with Crippen LogP contribution in [0.1, 0.15) is 37.9 Å². The number of hydrogen-bond acceptors (Lipinski definition) is 6. The third-order valence-electron chi connectivity index (χ3n) is 6.20. The van der Waals surface area contributed by atoms with Gasteiger partial charge in [-0.05, 0) is 57.9 Å². The van der Waals surface area contributed by atoms with Crippen molar-refractivity contribution in [1.82, 2.24) is 14.7 Å². The standard InChI is InChI=1S/C28H35F2N3O4/c1-19(2)36-18-23(34)15-32(16-24-10-7-13-35-24)17-25-20(3)31-33(22-8-5-4-6-9-22)28(25)37-27-12-11-21(29)14-26(27)30/h4-6,8-9,11-12,14,19,23-24,34H,7,10,13,15-18H2,1-3H3. The van der Waals surface area contributed by atoms with Crippen molar-refractivity contribution >= 4 is 0 Å². The Morgan fingerprint density at radius 2 is 1.97 bits per heavy atom. The predicted octanol–water partition coefficient (Wildman–Crippen LogP) is 5.02. The van der Waals surface area contributed by atoms with Crippen molar-refractivity contribution in [3.63, 3.8) is 0 Å². The topological polar surface area (TPSA) is 69.0 Å². The third-order valence-corrected chi connectivity index (χ3v) is 6.20. The SMILES string of the molecule is Cc1nn(-c2ccccc2)c(Oc2ccc(F)cc2F)c1CN(CC(O)COC(C)C)CC1CCCO1. The summed E-state index contributed by atoms with van der Waals surface area (Å²) in [5, 5.41) is 15.4. The number of aliphatic hydroxyl groups excluding tert-OH is 1. The second-order valence-electron chi connectivity index (χ2n) is 9.66. The fourth-order valence-electron chi connectivity index (χ4n) is 4.39. The molecular formula is C28H35F2N3O4. The molecule has 1 aliphatic heterocycles. The smallest absolute Gasteiger partial charge is 0.227 e. The summed E-state index contributed by atoms with van der Waals surface area (Å²) in [7, 11) is 0. The van der Waals surface area contributed by atoms with Crippen molar-refractivity contribution in [3.05, 3.63) is 71.4 Å². The molecule has 2 atom stereocenters. The Balaban J connectivity index is 1.67. The summed E-state index contributed by atoms with van der Waals surface area (Å²) in [4.78, 5) is 2.09. The van der Waals surface area contributed by atoms with Crippen molar-refractivity contribution in [2.75, 3.05) is 26.3 Å². The van der Waals surface area contributed by atoms with E-state index in [9.17, 15) is 13.9 Å². The number of hydrogen-bond donors (Lipinski definition) is 1. The van der Waals surface area contributed by atoms with Crippen LogP contribution in [-0.2, 0) is 16.0 Å². The Morgan fingerprint density at radius 1 is 1.19 bits per heavy atom. The van der Waals surface area contributed by atoms with Gasteiger partial charge in [-0.1, -0.05) is 18.2 Å². The van der Waals surface area contributed by atoms with Crippen LogP contribution in [0.5, 0.6) is 11.6 Å². The molecule has 1 fully saturated rings. The van der Waals surface area contributed by atoms with Gasteiger partial charge in [0.25, 0.3) is 0 Å². The maximum atomic E-state index is 14.6. The average molecular weight is 516 g/mol. The number of para-hydroxylation sites is 1. The zero-order valence-electron chi connectivity index (χ0n) is 21.6. The number of rotatable bonds is 12. The van der Waals surface area contributed by atoms with E-state index in [-0.39, 0.29) is 24.6 Å². The summed E-state index contributed by atoms with van der Waals surface area (Å²) in [5.74, 6) is -1.25. The first-order chi connectivity index (χ1) is 17.8. The molecule has 0 saturated carbocycles. The molecule has 1 aromatic heterocycles. The highest BCUT2D eigenvalue weighted by atomic mass is 19.1. The average Bonchev–Trinajstić information content (AvgIpc) is 3.48. The number of aliphatic hydroxyl groups is 1. The molecule has 1 N–H and O–H groups in total. The normalized spacial score (nSPS) is 16.6. The van der Waals surface area contributed by atoms with E-state index in [1.54, 1.807) is 4.68 Å². The van der Waals surface area contributed by atoms with Crippen LogP contribution in [0.3, 0.4) is 0 Å². The second kappa shape index (κ2) is 12.6. The number of nitrogens with zero attached hydrogens (tertiary/aromatic N) is 3. The maximum absolute atomic E-state index is 14.6. The van der Waals surface area contributed by atoms with E-state index in [1.807, 2.05) is 51.1 Å². The van der Waals surface area contributed by atoms with Gasteiger partial charge in [0.15, 0.2) is 11.6 Å². The van der Waals surface area contributed by atoms with E-state index in [0.717, 1.165) is 42.8 Å². The zero-order chi connectivity index (χ0) is 26.4. The number of aromatic nitrogens is 2. The van der Waals surface area contributed by atoms with Crippen molar-refractivity contribution in [1.29, 1.82) is 0 Å². The summed E-state index contributed by atoms with van der Waals surface area (Å²) in [6.45, 7) is 8.01. The van der Waals surface area contributed by atoms with E-state index >= 15 is 0 Å². The van der Waals surface area contributed by atoms with Crippen LogP contribution < -0.4 is 4.74 Å². The largest absolute Gasteiger partial charge is 0.435 e. The molecule has 0 amide bonds. The fraction of sp³-hybridized carbons (Fsp3) is 0.464. The van der Waals surface area contributed by atoms with Gasteiger partial charge in [-0.15, -0.1) is 0 Å². The Hall–Kier alpha value is -2.85. The van der Waals surface area contributed by atoms with E-state index in [0.29, 0.717) is 31.2 Å². The van der Waals surface area contributed by atoms with Crippen LogP contribution in [0.2, 0.25) is 0 Å². The molecule has 2 unspecified atom stereocenters. The van der Waals surface area contributed by atoms with Gasteiger partial charge >= 0.3 is 0 Å². The molecular weight excluding hydrogens is 480 g/mol. The number of halogens is 2. The lowest BCUT2D eigenvalue weighted by Crippen LogP contribution is -2.39. The van der Waals surface area contributed by atoms with Gasteiger partial charge in [0, 0.05) is 32.3 Å². The van der Waals surface area contributed by atoms with Gasteiger partial charge in [0.2, 0.25) is 5.88 Å². The highest BCUT2D eigenvalue weighted by molar-refractivity contribution is 5.43. The molecule has 1 aliphatic rings. The zero-order valence-corrected chi connectivity index (χ0v) is 21.6. The first kappa shape index (κ1) is 27.2. The molecule has 0 aliphatic carbocycles. The molecule has 4 rings (SSSR count). The van der Waals surface area contributed by atoms with Gasteiger partial charge in [-0.3, -0.25) is 4.90 Å². The van der Waals surface area contributed by atoms with Crippen molar-refractivity contribution in [2.45, 2.75) is 58.5 Å². The fourth-order valence-corrected chi connectivity index (χ4v) is 4.39. The van der Waals surface area contributed by atoms with Gasteiger partial charge in [0.1, 0.15) is 5.82 Å². The lowest BCUT2D eigenvalue weighted by molar-refractivity contribution is -0.0173. The first-order valence-electron chi connectivity index (χ1n) is 12.7. The quantitative estimate of drug-likeness (QED) is 0.365. The molecule has 2 aromatic carbocycles. The Kier molecular flexibility index (Phi) is 9.26. The number of aryl methyl sites for hydroxylation is 1. The number of benzene rings is 2. The van der Waals surface area contributed by atoms with Crippen molar-refractivity contribution in [3.8, 4) is 17.3 Å². The van der Waals surface area contributed by atoms with Crippen molar-refractivity contribution < 1.29 is 28.1 Å². The number of ether oxygens (including phenoxy) is 3. The molecule has 2 heterocycles. The lowest BCUT2D eigenvalue weighted by atomic mass is 10.1. The molecule has 0 radical (unpaired) electrons. The minimum absolute atomic E-state index is 0.0122. The monoisotopic (exact) mass is 515 g/mol. The van der Waals surface area contributed by atoms with Gasteiger partial charge in [-0.25, -0.2) is 13.5 Å². The Bertz CT molecular complexity index is 1150. The van der Waals surface area contributed by atoms with Crippen LogP contribution in [0.15, 0.2) is 48.5 Å². The summed E-state index contributed by atoms with van der Waals surface area (Å²) in [6, 6.07) is 12.6. The maximum Gasteiger partial charge on any atom is 0.227 e. The molecule has 37 heavy (non-hydrogen) atoms. The van der Waals surface area contributed by atoms with Gasteiger partial charge in [-0.2, -0.15) is 5.10 Å². The predicted molar refractivity (Wildman–Crippen MR) is 136 cm³/mol. The van der Waals surface area contributed by atoms with Crippen LogP contribution in [-0.4, -0.2) is 64.4 Å². The highest BCUT2D eigenvalue weighted by Crippen LogP contribution is 2.33. The molecule has 0 bridgehead atoms. The molecule has 1 saturated heterocycles. The molecule has 9 heteroatoms. The van der Waals surface area contributed by atoms with Crippen LogP contribution in [0, 0.1) is 18.6 Å². The minimum atomic E-state index is -0.804. The first-order valence-corrected chi connectivity index (χ1v) is 12.7. The van der Waals surface area contributed by atoms with Crippen LogP contribution >= 0.6 is 0 Å². The van der Waals surface area contributed by atoms with E-state index in [1.165, 1.54) is 6.07 Å². The van der Waals surface area contributed by atoms with Gasteiger partial charge < -0.3 is 19.3 Å². The van der Waals surface area contributed by atoms with Crippen molar-refractivity contribution in [2.24, 2.45) is 0 Å². The van der Waals surface area contributed by atoms with E-state index in [4.69, 9.17) is 19.3 Å². The van der Waals surface area contributed by atoms with E-state index in [2.05, 4.69) is 4.90 Å². The molecule has 3 aromatic rings. The van der Waals surface area contributed by atoms with E-state index < -0.39 is 17.7 Å². The van der Waals surface area contributed by atoms with Crippen LogP contribution in [0.25, 0.3) is 5.69 Å². The lowest BCUT2D eigenvalue weighted by Gasteiger charge is -2.28. The van der Waals surface area contributed by atoms with Gasteiger partial charge in [0.05, 0.1) is 41.9 Å². The molecule has 0 spiro atoms. The Labute approximate surface area is 216 Å². The highest BCUT2D eigenvalue weighted by Gasteiger charge is 2.26.